The number of ether oxygens (including phenoxy) is 1. The zero-order chi connectivity index (χ0) is 24.3. The molecular formula is C28H39N3O3. The molecule has 1 aliphatic rings. The fourth-order valence-corrected chi connectivity index (χ4v) is 4.29. The fraction of sp³-hybridized carbons (Fsp3) is 0.500. The van der Waals surface area contributed by atoms with E-state index in [4.69, 9.17) is 4.74 Å². The molecule has 4 atom stereocenters. The molecule has 1 heterocycles. The lowest BCUT2D eigenvalue weighted by molar-refractivity contribution is -0.125. The van der Waals surface area contributed by atoms with Crippen LogP contribution in [0.5, 0.6) is 5.75 Å². The van der Waals surface area contributed by atoms with Crippen molar-refractivity contribution in [1.82, 2.24) is 16.0 Å². The van der Waals surface area contributed by atoms with Crippen molar-refractivity contribution in [3.8, 4) is 5.75 Å². The molecule has 1 aliphatic heterocycles. The fourth-order valence-electron chi connectivity index (χ4n) is 4.29. The van der Waals surface area contributed by atoms with Crippen LogP contribution in [0.3, 0.4) is 0 Å². The van der Waals surface area contributed by atoms with Crippen molar-refractivity contribution in [2.45, 2.75) is 64.5 Å². The summed E-state index contributed by atoms with van der Waals surface area (Å²) in [6, 6.07) is 17.1. The molecule has 3 N–H and O–H groups in total. The Hall–Kier alpha value is -2.86. The number of carbonyl (C=O) groups is 2. The van der Waals surface area contributed by atoms with Crippen LogP contribution in [0.2, 0.25) is 0 Å². The number of amides is 2. The second kappa shape index (κ2) is 13.1. The molecule has 1 unspecified atom stereocenters. The van der Waals surface area contributed by atoms with Gasteiger partial charge in [-0.1, -0.05) is 62.7 Å². The van der Waals surface area contributed by atoms with Crippen molar-refractivity contribution in [3.05, 3.63) is 65.7 Å². The Morgan fingerprint density at radius 3 is 2.44 bits per heavy atom. The molecule has 34 heavy (non-hydrogen) atoms. The molecule has 6 heteroatoms. The van der Waals surface area contributed by atoms with Gasteiger partial charge >= 0.3 is 0 Å². The first-order valence-corrected chi connectivity index (χ1v) is 12.6. The van der Waals surface area contributed by atoms with Crippen molar-refractivity contribution in [2.75, 3.05) is 19.7 Å². The topological polar surface area (TPSA) is 79.5 Å². The van der Waals surface area contributed by atoms with E-state index < -0.39 is 0 Å². The van der Waals surface area contributed by atoms with E-state index in [0.29, 0.717) is 19.1 Å². The van der Waals surface area contributed by atoms with Gasteiger partial charge in [0.2, 0.25) is 11.8 Å². The first-order valence-electron chi connectivity index (χ1n) is 12.6. The van der Waals surface area contributed by atoms with Crippen molar-refractivity contribution < 1.29 is 14.3 Å². The highest BCUT2D eigenvalue weighted by molar-refractivity contribution is 5.84. The third-order valence-electron chi connectivity index (χ3n) is 6.47. The molecule has 0 spiro atoms. The molecule has 0 saturated carbocycles. The Bertz CT molecular complexity index is 895. The van der Waals surface area contributed by atoms with E-state index in [9.17, 15) is 9.59 Å². The minimum atomic E-state index is -0.336. The molecule has 1 fully saturated rings. The predicted molar refractivity (Wildman–Crippen MR) is 136 cm³/mol. The number of hydrogen-bond acceptors (Lipinski definition) is 4. The Labute approximate surface area is 203 Å². The van der Waals surface area contributed by atoms with Crippen LogP contribution in [0.1, 0.15) is 69.5 Å². The molecule has 0 aliphatic carbocycles. The number of nitrogens with one attached hydrogen (secondary N) is 3. The van der Waals surface area contributed by atoms with Crippen molar-refractivity contribution in [2.24, 2.45) is 5.92 Å². The van der Waals surface area contributed by atoms with Gasteiger partial charge in [0.05, 0.1) is 24.6 Å². The lowest BCUT2D eigenvalue weighted by Crippen LogP contribution is -2.45. The normalized spacial score (nSPS) is 18.0. The quantitative estimate of drug-likeness (QED) is 0.436. The van der Waals surface area contributed by atoms with Gasteiger partial charge in [-0.2, -0.15) is 0 Å². The summed E-state index contributed by atoms with van der Waals surface area (Å²) in [7, 11) is 0. The molecule has 2 aromatic rings. The standard InChI is InChI=1S/C28H39N3O3/c1-4-9-20(2)19-34-24-15-13-23(14-16-24)26(18-30-28(33)25-12-8-17-29-25)31-27(32)21(3)22-10-6-5-7-11-22/h5-7,10-11,13-16,20-21,25-26,29H,4,8-9,12,17-19H2,1-3H3,(H,30,33)(H,31,32)/t20?,21-,25-,26-/m0/s1. The van der Waals surface area contributed by atoms with E-state index in [1.807, 2.05) is 61.5 Å². The SMILES string of the molecule is CCCC(C)COc1ccc([C@H](CNC(=O)[C@@H]2CCCN2)NC(=O)[C@@H](C)c2ccccc2)cc1. The summed E-state index contributed by atoms with van der Waals surface area (Å²) in [6.07, 6.45) is 4.14. The van der Waals surface area contributed by atoms with Gasteiger partial charge in [0, 0.05) is 6.54 Å². The second-order valence-electron chi connectivity index (χ2n) is 9.36. The van der Waals surface area contributed by atoms with Gasteiger partial charge in [0.15, 0.2) is 0 Å². The highest BCUT2D eigenvalue weighted by Crippen LogP contribution is 2.21. The lowest BCUT2D eigenvalue weighted by atomic mass is 9.99. The third-order valence-corrected chi connectivity index (χ3v) is 6.47. The van der Waals surface area contributed by atoms with Crippen LogP contribution in [-0.2, 0) is 9.59 Å². The largest absolute Gasteiger partial charge is 0.493 e. The Morgan fingerprint density at radius 1 is 1.06 bits per heavy atom. The molecule has 0 aromatic heterocycles. The average Bonchev–Trinajstić information content (AvgIpc) is 3.41. The minimum absolute atomic E-state index is 0.0160. The molecule has 3 rings (SSSR count). The molecule has 184 valence electrons. The summed E-state index contributed by atoms with van der Waals surface area (Å²) < 4.78 is 5.93. The highest BCUT2D eigenvalue weighted by Gasteiger charge is 2.25. The predicted octanol–water partition coefficient (Wildman–Crippen LogP) is 4.33. The zero-order valence-electron chi connectivity index (χ0n) is 20.7. The molecule has 2 aromatic carbocycles. The minimum Gasteiger partial charge on any atom is -0.493 e. The van der Waals surface area contributed by atoms with Crippen molar-refractivity contribution >= 4 is 11.8 Å². The van der Waals surface area contributed by atoms with Crippen LogP contribution < -0.4 is 20.7 Å². The van der Waals surface area contributed by atoms with Crippen LogP contribution in [0.4, 0.5) is 0 Å². The van der Waals surface area contributed by atoms with Crippen LogP contribution in [-0.4, -0.2) is 37.6 Å². The van der Waals surface area contributed by atoms with Gasteiger partial charge in [-0.15, -0.1) is 0 Å². The van der Waals surface area contributed by atoms with Crippen LogP contribution >= 0.6 is 0 Å². The summed E-state index contributed by atoms with van der Waals surface area (Å²) in [5.74, 6) is 0.943. The van der Waals surface area contributed by atoms with Gasteiger partial charge in [-0.3, -0.25) is 9.59 Å². The smallest absolute Gasteiger partial charge is 0.237 e. The maximum atomic E-state index is 13.1. The first kappa shape index (κ1) is 25.8. The summed E-state index contributed by atoms with van der Waals surface area (Å²) >= 11 is 0. The van der Waals surface area contributed by atoms with Gasteiger partial charge < -0.3 is 20.7 Å². The van der Waals surface area contributed by atoms with Crippen LogP contribution in [0.25, 0.3) is 0 Å². The zero-order valence-corrected chi connectivity index (χ0v) is 20.7. The van der Waals surface area contributed by atoms with Gasteiger partial charge in [-0.25, -0.2) is 0 Å². The molecule has 6 nitrogen and oxygen atoms in total. The number of rotatable bonds is 12. The maximum Gasteiger partial charge on any atom is 0.237 e. The van der Waals surface area contributed by atoms with Crippen molar-refractivity contribution in [1.29, 1.82) is 0 Å². The van der Waals surface area contributed by atoms with E-state index in [1.54, 1.807) is 0 Å². The average molecular weight is 466 g/mol. The summed E-state index contributed by atoms with van der Waals surface area (Å²) in [5.41, 5.74) is 1.89. The van der Waals surface area contributed by atoms with E-state index in [2.05, 4.69) is 29.8 Å². The molecule has 0 radical (unpaired) electrons. The highest BCUT2D eigenvalue weighted by atomic mass is 16.5. The monoisotopic (exact) mass is 465 g/mol. The number of benzene rings is 2. The summed E-state index contributed by atoms with van der Waals surface area (Å²) in [4.78, 5) is 25.6. The first-order chi connectivity index (χ1) is 16.5. The number of carbonyl (C=O) groups excluding carboxylic acids is 2. The molecular weight excluding hydrogens is 426 g/mol. The van der Waals surface area contributed by atoms with E-state index in [-0.39, 0.29) is 29.8 Å². The molecule has 2 amide bonds. The molecule has 1 saturated heterocycles. The number of hydrogen-bond donors (Lipinski definition) is 3. The third kappa shape index (κ3) is 7.59. The Balaban J connectivity index is 1.67. The Kier molecular flexibility index (Phi) is 9.95. The molecule has 0 bridgehead atoms. The van der Waals surface area contributed by atoms with E-state index in [0.717, 1.165) is 49.1 Å². The second-order valence-corrected chi connectivity index (χ2v) is 9.36. The van der Waals surface area contributed by atoms with E-state index in [1.165, 1.54) is 0 Å². The van der Waals surface area contributed by atoms with E-state index >= 15 is 0 Å². The van der Waals surface area contributed by atoms with Gasteiger partial charge in [-0.05, 0) is 61.9 Å². The lowest BCUT2D eigenvalue weighted by Gasteiger charge is -2.23. The van der Waals surface area contributed by atoms with Gasteiger partial charge in [0.25, 0.3) is 0 Å². The Morgan fingerprint density at radius 2 is 1.79 bits per heavy atom. The van der Waals surface area contributed by atoms with Crippen LogP contribution in [0, 0.1) is 5.92 Å². The summed E-state index contributed by atoms with van der Waals surface area (Å²) in [6.45, 7) is 8.16. The van der Waals surface area contributed by atoms with Gasteiger partial charge in [0.1, 0.15) is 5.75 Å². The maximum absolute atomic E-state index is 13.1. The van der Waals surface area contributed by atoms with Crippen molar-refractivity contribution in [3.63, 3.8) is 0 Å². The summed E-state index contributed by atoms with van der Waals surface area (Å²) in [5, 5.41) is 9.40. The van der Waals surface area contributed by atoms with Crippen LogP contribution in [0.15, 0.2) is 54.6 Å².